The Morgan fingerprint density at radius 1 is 1.27 bits per heavy atom. The smallest absolute Gasteiger partial charge is 0.402 e. The van der Waals surface area contributed by atoms with Crippen molar-refractivity contribution in [1.29, 1.82) is 0 Å². The van der Waals surface area contributed by atoms with Crippen LogP contribution < -0.4 is 5.73 Å². The molecule has 1 aliphatic rings. The predicted molar refractivity (Wildman–Crippen MR) is 127 cm³/mol. The van der Waals surface area contributed by atoms with Crippen LogP contribution in [0.4, 0.5) is 22.4 Å². The van der Waals surface area contributed by atoms with Crippen LogP contribution in [0.25, 0.3) is 0 Å². The number of rotatable bonds is 7. The first-order valence-corrected chi connectivity index (χ1v) is 12.3. The second-order valence-electron chi connectivity index (χ2n) is 8.92. The highest BCUT2D eigenvalue weighted by molar-refractivity contribution is 14.1. The summed E-state index contributed by atoms with van der Waals surface area (Å²) in [7, 11) is 0. The molecular weight excluding hydrogens is 573 g/mol. The molecule has 11 heteroatoms. The molecule has 0 bridgehead atoms. The first kappa shape index (κ1) is 26.1. The number of halogens is 5. The number of primary amides is 1. The van der Waals surface area contributed by atoms with E-state index in [4.69, 9.17) is 5.73 Å². The molecule has 0 spiro atoms. The molecule has 0 radical (unpaired) electrons. The Morgan fingerprint density at radius 2 is 1.97 bits per heavy atom. The van der Waals surface area contributed by atoms with Crippen molar-refractivity contribution in [3.8, 4) is 0 Å². The maximum atomic E-state index is 15.9. The third-order valence-electron chi connectivity index (χ3n) is 6.53. The molecule has 2 aromatic heterocycles. The van der Waals surface area contributed by atoms with Crippen LogP contribution in [0.5, 0.6) is 0 Å². The molecule has 33 heavy (non-hydrogen) atoms. The summed E-state index contributed by atoms with van der Waals surface area (Å²) in [6.07, 6.45) is -5.65. The van der Waals surface area contributed by atoms with Crippen LogP contribution in [-0.4, -0.2) is 41.1 Å². The Hall–Kier alpha value is -1.47. The molecule has 0 aliphatic carbocycles. The molecule has 3 heterocycles. The molecule has 1 aliphatic heterocycles. The molecule has 3 rings (SSSR count). The van der Waals surface area contributed by atoms with Gasteiger partial charge in [-0.25, -0.2) is 4.79 Å². The Morgan fingerprint density at radius 3 is 2.48 bits per heavy atom. The molecule has 5 nitrogen and oxygen atoms in total. The topological polar surface area (TPSA) is 68.5 Å². The summed E-state index contributed by atoms with van der Waals surface area (Å²) in [6.45, 7) is 5.48. The monoisotopic (exact) mass is 599 g/mol. The van der Waals surface area contributed by atoms with E-state index in [-0.39, 0.29) is 32.4 Å². The third-order valence-corrected chi connectivity index (χ3v) is 8.48. The number of amides is 1. The van der Waals surface area contributed by atoms with E-state index in [9.17, 15) is 18.0 Å². The maximum Gasteiger partial charge on any atom is 0.461 e. The van der Waals surface area contributed by atoms with Crippen molar-refractivity contribution in [2.24, 2.45) is 11.1 Å². The van der Waals surface area contributed by atoms with Gasteiger partial charge in [-0.1, -0.05) is 6.07 Å². The van der Waals surface area contributed by atoms with Crippen LogP contribution in [-0.2, 0) is 16.7 Å². The average Bonchev–Trinajstić information content (AvgIpc) is 3.33. The van der Waals surface area contributed by atoms with Gasteiger partial charge in [0.1, 0.15) is 0 Å². The fourth-order valence-corrected chi connectivity index (χ4v) is 6.20. The van der Waals surface area contributed by atoms with Crippen LogP contribution in [0, 0.1) is 15.2 Å². The lowest BCUT2D eigenvalue weighted by Crippen LogP contribution is -2.60. The summed E-state index contributed by atoms with van der Waals surface area (Å²) >= 11 is 3.56. The number of thiophene rings is 1. The van der Waals surface area contributed by atoms with Crippen LogP contribution in [0.1, 0.15) is 42.8 Å². The minimum absolute atomic E-state index is 0.151. The van der Waals surface area contributed by atoms with E-state index in [2.05, 4.69) is 32.3 Å². The summed E-state index contributed by atoms with van der Waals surface area (Å²) in [5.41, 5.74) is 3.78. The van der Waals surface area contributed by atoms with Gasteiger partial charge in [-0.05, 0) is 92.9 Å². The van der Waals surface area contributed by atoms with Crippen LogP contribution >= 0.6 is 33.9 Å². The summed E-state index contributed by atoms with van der Waals surface area (Å²) in [4.78, 5) is 18.3. The zero-order chi connectivity index (χ0) is 24.7. The van der Waals surface area contributed by atoms with Crippen molar-refractivity contribution < 1.29 is 27.1 Å². The van der Waals surface area contributed by atoms with Gasteiger partial charge in [0.15, 0.2) is 0 Å². The van der Waals surface area contributed by atoms with Crippen molar-refractivity contribution in [2.75, 3.05) is 13.1 Å². The molecule has 2 atom stereocenters. The van der Waals surface area contributed by atoms with Gasteiger partial charge in [-0.2, -0.15) is 17.6 Å². The summed E-state index contributed by atoms with van der Waals surface area (Å²) in [6, 6.07) is 7.36. The van der Waals surface area contributed by atoms with E-state index in [1.807, 2.05) is 45.0 Å². The molecule has 0 aromatic carbocycles. The Labute approximate surface area is 207 Å². The molecule has 1 saturated heterocycles. The molecule has 1 amide bonds. The summed E-state index contributed by atoms with van der Waals surface area (Å²) in [5, 5.41) is 0. The van der Waals surface area contributed by atoms with Gasteiger partial charge in [-0.3, -0.25) is 9.88 Å². The number of nitrogens with zero attached hydrogens (tertiary/aromatic N) is 2. The number of pyridine rings is 1. The first-order valence-electron chi connectivity index (χ1n) is 10.4. The number of carbonyl (C=O) groups excluding carboxylic acids is 1. The Balaban J connectivity index is 2.00. The lowest BCUT2D eigenvalue weighted by Gasteiger charge is -2.44. The quantitative estimate of drug-likeness (QED) is 0.316. The number of hydrogen-bond donors (Lipinski definition) is 1. The summed E-state index contributed by atoms with van der Waals surface area (Å²) < 4.78 is 63.6. The molecule has 0 saturated carbocycles. The van der Waals surface area contributed by atoms with Crippen molar-refractivity contribution in [3.63, 3.8) is 0 Å². The van der Waals surface area contributed by atoms with E-state index in [0.717, 1.165) is 19.0 Å². The minimum atomic E-state index is -5.45. The van der Waals surface area contributed by atoms with Gasteiger partial charge in [-0.15, -0.1) is 11.3 Å². The normalized spacial score (nSPS) is 21.7. The van der Waals surface area contributed by atoms with Crippen LogP contribution in [0.3, 0.4) is 0 Å². The van der Waals surface area contributed by atoms with Crippen LogP contribution in [0.2, 0.25) is 0 Å². The van der Waals surface area contributed by atoms with E-state index in [1.54, 1.807) is 11.1 Å². The predicted octanol–water partition coefficient (Wildman–Crippen LogP) is 5.94. The number of likely N-dealkylation sites (tertiary alicyclic amines) is 1. The molecule has 182 valence electrons. The SMILES string of the molecule is Cc1ccc(C(C)(C)N2CCC(CCc3ccc(I)s3)(C(F)(OC(N)=O)C(F)(F)F)C2)cn1. The molecule has 2 aromatic rings. The molecule has 2 unspecified atom stereocenters. The van der Waals surface area contributed by atoms with E-state index in [0.29, 0.717) is 0 Å². The third kappa shape index (κ3) is 5.14. The molecule has 1 fully saturated rings. The van der Waals surface area contributed by atoms with Gasteiger partial charge < -0.3 is 10.5 Å². The van der Waals surface area contributed by atoms with Gasteiger partial charge in [0.2, 0.25) is 0 Å². The number of aromatic nitrogens is 1. The number of alkyl halides is 4. The minimum Gasteiger partial charge on any atom is -0.402 e. The fourth-order valence-electron chi connectivity index (χ4n) is 4.44. The zero-order valence-corrected chi connectivity index (χ0v) is 21.5. The Bertz CT molecular complexity index is 998. The Kier molecular flexibility index (Phi) is 7.36. The first-order chi connectivity index (χ1) is 15.2. The van der Waals surface area contributed by atoms with Crippen molar-refractivity contribution in [3.05, 3.63) is 49.5 Å². The number of hydrogen-bond acceptors (Lipinski definition) is 5. The highest BCUT2D eigenvalue weighted by Gasteiger charge is 2.73. The number of aryl methyl sites for hydroxylation is 2. The molecular formula is C22H26F4IN3O2S. The second kappa shape index (κ2) is 9.29. The van der Waals surface area contributed by atoms with Crippen LogP contribution in [0.15, 0.2) is 30.5 Å². The van der Waals surface area contributed by atoms with Crippen molar-refractivity contribution in [1.82, 2.24) is 9.88 Å². The highest BCUT2D eigenvalue weighted by Crippen LogP contribution is 2.56. The van der Waals surface area contributed by atoms with Gasteiger partial charge in [0, 0.05) is 28.9 Å². The fraction of sp³-hybridized carbons (Fsp3) is 0.545. The largest absolute Gasteiger partial charge is 0.461 e. The maximum absolute atomic E-state index is 15.9. The zero-order valence-electron chi connectivity index (χ0n) is 18.5. The highest BCUT2D eigenvalue weighted by atomic mass is 127. The standard InChI is InChI=1S/C22H26F4IN3O2S/c1-14-4-5-15(12-29-14)19(2,3)30-11-10-20(13-30,9-8-16-6-7-17(27)33-16)21(23,22(24,25)26)32-18(28)31/h4-7,12H,8-11,13H2,1-3H3,(H2,28,31). The lowest BCUT2D eigenvalue weighted by molar-refractivity contribution is -0.355. The number of nitrogens with two attached hydrogens (primary N) is 1. The second-order valence-corrected chi connectivity index (χ2v) is 12.0. The van der Waals surface area contributed by atoms with E-state index in [1.165, 1.54) is 11.3 Å². The molecule has 2 N–H and O–H groups in total. The lowest BCUT2D eigenvalue weighted by atomic mass is 9.74. The van der Waals surface area contributed by atoms with Gasteiger partial charge >= 0.3 is 18.1 Å². The van der Waals surface area contributed by atoms with Crippen molar-refractivity contribution in [2.45, 2.75) is 57.6 Å². The average molecular weight is 599 g/mol. The van der Waals surface area contributed by atoms with Gasteiger partial charge in [0.05, 0.1) is 8.30 Å². The van der Waals surface area contributed by atoms with E-state index < -0.39 is 29.1 Å². The number of ether oxygens (including phenoxy) is 1. The summed E-state index contributed by atoms with van der Waals surface area (Å²) in [5.74, 6) is -4.22. The van der Waals surface area contributed by atoms with Gasteiger partial charge in [0.25, 0.3) is 0 Å². The number of carbonyl (C=O) groups is 1. The van der Waals surface area contributed by atoms with E-state index >= 15 is 4.39 Å². The van der Waals surface area contributed by atoms with Crippen molar-refractivity contribution >= 4 is 40.0 Å².